The standard InChI is InChI=1S/C31H36N2O4/c1-36-27-17-19-31(20-18-27,23-37-22-25-13-7-3-8-14-25)30(35)33-28(21-24-11-5-2-6-12-24)29(34)32-26-15-9-4-10-16-26/h2-16,27-28H,17-23H2,1H3,(H,32,34)(H,33,35)/t27?,28-,31?/m0/s1. The zero-order valence-corrected chi connectivity index (χ0v) is 21.4. The van der Waals surface area contributed by atoms with Crippen LogP contribution < -0.4 is 10.6 Å². The van der Waals surface area contributed by atoms with Crippen LogP contribution >= 0.6 is 0 Å². The van der Waals surface area contributed by atoms with E-state index in [-0.39, 0.29) is 17.9 Å². The zero-order valence-electron chi connectivity index (χ0n) is 21.4. The summed E-state index contributed by atoms with van der Waals surface area (Å²) in [5.74, 6) is -0.381. The van der Waals surface area contributed by atoms with Crippen LogP contribution in [0.15, 0.2) is 91.0 Å². The highest BCUT2D eigenvalue weighted by Gasteiger charge is 2.43. The molecule has 6 heteroatoms. The largest absolute Gasteiger partial charge is 0.381 e. The molecule has 1 fully saturated rings. The van der Waals surface area contributed by atoms with Gasteiger partial charge in [0.05, 0.1) is 24.7 Å². The van der Waals surface area contributed by atoms with Gasteiger partial charge in [0.15, 0.2) is 0 Å². The zero-order chi connectivity index (χ0) is 25.9. The number of carbonyl (C=O) groups is 2. The predicted octanol–water partition coefficient (Wildman–Crippen LogP) is 5.14. The highest BCUT2D eigenvalue weighted by molar-refractivity contribution is 5.98. The molecular weight excluding hydrogens is 464 g/mol. The van der Waals surface area contributed by atoms with Gasteiger partial charge in [-0.15, -0.1) is 0 Å². The molecule has 0 unspecified atom stereocenters. The molecular formula is C31H36N2O4. The summed E-state index contributed by atoms with van der Waals surface area (Å²) in [7, 11) is 1.72. The van der Waals surface area contributed by atoms with Crippen molar-refractivity contribution in [2.45, 2.75) is 50.9 Å². The Labute approximate surface area is 219 Å². The third-order valence-electron chi connectivity index (χ3n) is 7.14. The monoisotopic (exact) mass is 500 g/mol. The summed E-state index contributed by atoms with van der Waals surface area (Å²) in [6.07, 6.45) is 3.37. The van der Waals surface area contributed by atoms with Crippen LogP contribution in [0.2, 0.25) is 0 Å². The molecule has 1 atom stereocenters. The summed E-state index contributed by atoms with van der Waals surface area (Å²) in [5, 5.41) is 6.06. The third kappa shape index (κ3) is 7.51. The Hall–Kier alpha value is -3.48. The molecule has 194 valence electrons. The van der Waals surface area contributed by atoms with E-state index < -0.39 is 11.5 Å². The first-order valence-corrected chi connectivity index (χ1v) is 12.9. The Kier molecular flexibility index (Phi) is 9.46. The molecule has 0 heterocycles. The minimum Gasteiger partial charge on any atom is -0.381 e. The van der Waals surface area contributed by atoms with Gasteiger partial charge in [0.25, 0.3) is 0 Å². The van der Waals surface area contributed by atoms with Crippen molar-refractivity contribution in [3.05, 3.63) is 102 Å². The number of rotatable bonds is 11. The molecule has 2 amide bonds. The summed E-state index contributed by atoms with van der Waals surface area (Å²) < 4.78 is 11.7. The van der Waals surface area contributed by atoms with Gasteiger partial charge in [-0.2, -0.15) is 0 Å². The van der Waals surface area contributed by atoms with Gasteiger partial charge in [-0.25, -0.2) is 0 Å². The molecule has 0 aliphatic heterocycles. The lowest BCUT2D eigenvalue weighted by molar-refractivity contribution is -0.142. The topological polar surface area (TPSA) is 76.7 Å². The van der Waals surface area contributed by atoms with Crippen molar-refractivity contribution < 1.29 is 19.1 Å². The Morgan fingerprint density at radius 3 is 2.03 bits per heavy atom. The van der Waals surface area contributed by atoms with E-state index in [0.717, 1.165) is 24.0 Å². The van der Waals surface area contributed by atoms with E-state index in [9.17, 15) is 9.59 Å². The first kappa shape index (κ1) is 26.6. The Morgan fingerprint density at radius 2 is 1.43 bits per heavy atom. The van der Waals surface area contributed by atoms with Gasteiger partial charge in [-0.05, 0) is 48.9 Å². The lowest BCUT2D eigenvalue weighted by atomic mass is 9.72. The van der Waals surface area contributed by atoms with Gasteiger partial charge < -0.3 is 20.1 Å². The first-order valence-electron chi connectivity index (χ1n) is 12.9. The molecule has 2 N–H and O–H groups in total. The highest BCUT2D eigenvalue weighted by Crippen LogP contribution is 2.38. The van der Waals surface area contributed by atoms with Crippen molar-refractivity contribution in [2.24, 2.45) is 5.41 Å². The summed E-state index contributed by atoms with van der Waals surface area (Å²) in [6, 6.07) is 28.3. The Balaban J connectivity index is 1.50. The van der Waals surface area contributed by atoms with Crippen molar-refractivity contribution in [1.82, 2.24) is 5.32 Å². The minimum absolute atomic E-state index is 0.136. The fourth-order valence-electron chi connectivity index (χ4n) is 4.88. The maximum Gasteiger partial charge on any atom is 0.247 e. The smallest absolute Gasteiger partial charge is 0.247 e. The van der Waals surface area contributed by atoms with Crippen LogP contribution in [0.25, 0.3) is 0 Å². The summed E-state index contributed by atoms with van der Waals surface area (Å²) >= 11 is 0. The van der Waals surface area contributed by atoms with E-state index in [1.165, 1.54) is 0 Å². The quantitative estimate of drug-likeness (QED) is 0.382. The summed E-state index contributed by atoms with van der Waals surface area (Å²) in [5.41, 5.74) is 2.02. The molecule has 4 rings (SSSR count). The number of amides is 2. The third-order valence-corrected chi connectivity index (χ3v) is 7.14. The average molecular weight is 501 g/mol. The second-order valence-corrected chi connectivity index (χ2v) is 9.76. The lowest BCUT2D eigenvalue weighted by Crippen LogP contribution is -2.53. The highest BCUT2D eigenvalue weighted by atomic mass is 16.5. The van der Waals surface area contributed by atoms with E-state index in [2.05, 4.69) is 10.6 Å². The van der Waals surface area contributed by atoms with Gasteiger partial charge in [-0.3, -0.25) is 9.59 Å². The number of benzene rings is 3. The van der Waals surface area contributed by atoms with Gasteiger partial charge in [0, 0.05) is 19.2 Å². The molecule has 6 nitrogen and oxygen atoms in total. The van der Waals surface area contributed by atoms with E-state index in [1.54, 1.807) is 7.11 Å². The molecule has 0 spiro atoms. The molecule has 1 aliphatic rings. The maximum atomic E-state index is 13.9. The fraction of sp³-hybridized carbons (Fsp3) is 0.355. The molecule has 0 saturated heterocycles. The molecule has 3 aromatic carbocycles. The molecule has 37 heavy (non-hydrogen) atoms. The van der Waals surface area contributed by atoms with Crippen molar-refractivity contribution in [1.29, 1.82) is 0 Å². The molecule has 0 radical (unpaired) electrons. The van der Waals surface area contributed by atoms with Crippen molar-refractivity contribution in [2.75, 3.05) is 19.0 Å². The van der Waals surface area contributed by atoms with Crippen LogP contribution in [0.5, 0.6) is 0 Å². The molecule has 0 aromatic heterocycles. The van der Waals surface area contributed by atoms with Crippen LogP contribution in [0, 0.1) is 5.41 Å². The Bertz CT molecular complexity index is 1110. The van der Waals surface area contributed by atoms with Crippen LogP contribution in [0.3, 0.4) is 0 Å². The van der Waals surface area contributed by atoms with E-state index in [1.807, 2.05) is 91.0 Å². The second kappa shape index (κ2) is 13.2. The molecule has 1 saturated carbocycles. The van der Waals surface area contributed by atoms with Crippen LogP contribution in [0.4, 0.5) is 5.69 Å². The number of para-hydroxylation sites is 1. The first-order chi connectivity index (χ1) is 18.1. The minimum atomic E-state index is -0.721. The van der Waals surface area contributed by atoms with Gasteiger partial charge in [0.1, 0.15) is 6.04 Å². The Morgan fingerprint density at radius 1 is 0.865 bits per heavy atom. The second-order valence-electron chi connectivity index (χ2n) is 9.76. The van der Waals surface area contributed by atoms with Crippen LogP contribution in [-0.4, -0.2) is 37.7 Å². The van der Waals surface area contributed by atoms with Crippen LogP contribution in [0.1, 0.15) is 36.8 Å². The number of methoxy groups -OCH3 is 1. The van der Waals surface area contributed by atoms with E-state index in [4.69, 9.17) is 9.47 Å². The van der Waals surface area contributed by atoms with E-state index in [0.29, 0.717) is 38.2 Å². The number of carbonyl (C=O) groups excluding carboxylic acids is 2. The van der Waals surface area contributed by atoms with Crippen molar-refractivity contribution in [3.63, 3.8) is 0 Å². The van der Waals surface area contributed by atoms with E-state index >= 15 is 0 Å². The normalized spacial score (nSPS) is 20.1. The lowest BCUT2D eigenvalue weighted by Gasteiger charge is -2.39. The van der Waals surface area contributed by atoms with Crippen molar-refractivity contribution >= 4 is 17.5 Å². The number of nitrogens with one attached hydrogen (secondary N) is 2. The molecule has 3 aromatic rings. The number of ether oxygens (including phenoxy) is 2. The predicted molar refractivity (Wildman–Crippen MR) is 145 cm³/mol. The SMILES string of the molecule is COC1CCC(COCc2ccccc2)(C(=O)N[C@@H](Cc2ccccc2)C(=O)Nc2ccccc2)CC1. The number of hydrogen-bond acceptors (Lipinski definition) is 4. The summed E-state index contributed by atoms with van der Waals surface area (Å²) in [4.78, 5) is 27.3. The van der Waals surface area contributed by atoms with Gasteiger partial charge in [-0.1, -0.05) is 78.9 Å². The van der Waals surface area contributed by atoms with Gasteiger partial charge in [0.2, 0.25) is 11.8 Å². The number of anilines is 1. The fourth-order valence-corrected chi connectivity index (χ4v) is 4.88. The summed E-state index contributed by atoms with van der Waals surface area (Å²) in [6.45, 7) is 0.730. The molecule has 1 aliphatic carbocycles. The van der Waals surface area contributed by atoms with Crippen molar-refractivity contribution in [3.8, 4) is 0 Å². The number of hydrogen-bond donors (Lipinski definition) is 2. The molecule has 0 bridgehead atoms. The average Bonchev–Trinajstić information content (AvgIpc) is 2.94. The maximum absolute atomic E-state index is 13.9. The van der Waals surface area contributed by atoms with Crippen LogP contribution in [-0.2, 0) is 32.1 Å². The van der Waals surface area contributed by atoms with Gasteiger partial charge >= 0.3 is 0 Å².